The van der Waals surface area contributed by atoms with Gasteiger partial charge in [-0.25, -0.2) is 0 Å². The highest BCUT2D eigenvalue weighted by molar-refractivity contribution is 5.62. The van der Waals surface area contributed by atoms with Crippen molar-refractivity contribution in [2.45, 2.75) is 37.4 Å². The van der Waals surface area contributed by atoms with Gasteiger partial charge in [0.15, 0.2) is 6.29 Å². The van der Waals surface area contributed by atoms with E-state index < -0.39 is 18.1 Å². The summed E-state index contributed by atoms with van der Waals surface area (Å²) in [6.45, 7) is 0. The minimum absolute atomic E-state index is 0.0787. The van der Waals surface area contributed by atoms with Crippen LogP contribution in [-0.2, 0) is 9.59 Å². The van der Waals surface area contributed by atoms with E-state index in [9.17, 15) is 19.8 Å². The highest BCUT2D eigenvalue weighted by Crippen LogP contribution is 2.21. The van der Waals surface area contributed by atoms with Crippen LogP contribution >= 0.6 is 0 Å². The Bertz CT molecular complexity index is 363. The predicted octanol–water partition coefficient (Wildman–Crippen LogP) is 0.971. The molecule has 3 atom stereocenters. The van der Waals surface area contributed by atoms with E-state index in [2.05, 4.69) is 0 Å². The Morgan fingerprint density at radius 3 is 2.39 bits per heavy atom. The van der Waals surface area contributed by atoms with Crippen LogP contribution in [-0.4, -0.2) is 35.0 Å². The third kappa shape index (κ3) is 4.39. The minimum atomic E-state index is -1.02. The smallest absolute Gasteiger partial charge is 0.198 e. The molecule has 4 nitrogen and oxygen atoms in total. The third-order valence-corrected chi connectivity index (χ3v) is 2.87. The second-order valence-electron chi connectivity index (χ2n) is 4.21. The molecular weight excluding hydrogens is 232 g/mol. The Hall–Kier alpha value is -1.52. The summed E-state index contributed by atoms with van der Waals surface area (Å²) in [6.07, 6.45) is 0.784. The molecule has 1 aromatic rings. The van der Waals surface area contributed by atoms with Crippen LogP contribution < -0.4 is 0 Å². The number of hydrogen-bond acceptors (Lipinski definition) is 4. The van der Waals surface area contributed by atoms with Crippen LogP contribution in [0.3, 0.4) is 0 Å². The molecule has 1 rings (SSSR count). The van der Waals surface area contributed by atoms with Crippen molar-refractivity contribution in [1.29, 1.82) is 0 Å². The number of aldehydes is 1. The highest BCUT2D eigenvalue weighted by atomic mass is 16.3. The van der Waals surface area contributed by atoms with Crippen LogP contribution in [0.1, 0.15) is 30.7 Å². The molecule has 0 heterocycles. The number of rotatable bonds is 8. The number of benzene rings is 1. The molecule has 0 aromatic heterocycles. The van der Waals surface area contributed by atoms with E-state index in [0.29, 0.717) is 0 Å². The van der Waals surface area contributed by atoms with Gasteiger partial charge in [-0.15, -0.1) is 0 Å². The van der Waals surface area contributed by atoms with Gasteiger partial charge in [-0.3, -0.25) is 4.79 Å². The fourth-order valence-corrected chi connectivity index (χ4v) is 1.79. The largest absolute Gasteiger partial charge is 0.390 e. The molecule has 4 heteroatoms. The Kier molecular flexibility index (Phi) is 6.25. The topological polar surface area (TPSA) is 74.6 Å². The molecule has 0 bridgehead atoms. The van der Waals surface area contributed by atoms with Crippen molar-refractivity contribution in [3.05, 3.63) is 35.9 Å². The summed E-state index contributed by atoms with van der Waals surface area (Å²) in [4.78, 5) is 21.1. The number of carbonyl (C=O) groups is 1. The standard InChI is InChI=1S/C14H17O4/c15-8-4-7-13(17)14(18)9-12(10-16)11-5-2-1-3-6-11/h1-3,5-6,10,12-14,17-18H,4,7,9H2. The fourth-order valence-electron chi connectivity index (χ4n) is 1.79. The van der Waals surface area contributed by atoms with Gasteiger partial charge in [-0.2, -0.15) is 0 Å². The second kappa shape index (κ2) is 7.74. The van der Waals surface area contributed by atoms with Crippen molar-refractivity contribution in [3.63, 3.8) is 0 Å². The van der Waals surface area contributed by atoms with Gasteiger partial charge >= 0.3 is 0 Å². The van der Waals surface area contributed by atoms with Crippen molar-refractivity contribution in [1.82, 2.24) is 0 Å². The van der Waals surface area contributed by atoms with E-state index in [0.717, 1.165) is 11.8 Å². The van der Waals surface area contributed by atoms with Crippen molar-refractivity contribution >= 4 is 12.6 Å². The number of aliphatic hydroxyl groups excluding tert-OH is 2. The zero-order chi connectivity index (χ0) is 13.4. The van der Waals surface area contributed by atoms with Crippen LogP contribution in [0.4, 0.5) is 0 Å². The summed E-state index contributed by atoms with van der Waals surface area (Å²) >= 11 is 0. The zero-order valence-electron chi connectivity index (χ0n) is 10.0. The molecule has 1 radical (unpaired) electrons. The average Bonchev–Trinajstić information content (AvgIpc) is 2.42. The quantitative estimate of drug-likeness (QED) is 0.673. The van der Waals surface area contributed by atoms with Crippen LogP contribution in [0.2, 0.25) is 0 Å². The molecule has 2 N–H and O–H groups in total. The van der Waals surface area contributed by atoms with E-state index in [1.165, 1.54) is 0 Å². The zero-order valence-corrected chi connectivity index (χ0v) is 10.0. The molecule has 97 valence electrons. The lowest BCUT2D eigenvalue weighted by atomic mass is 9.92. The molecule has 1 aromatic carbocycles. The Balaban J connectivity index is 2.58. The van der Waals surface area contributed by atoms with E-state index in [4.69, 9.17) is 0 Å². The summed E-state index contributed by atoms with van der Waals surface area (Å²) in [7, 11) is 0. The summed E-state index contributed by atoms with van der Waals surface area (Å²) in [5.41, 5.74) is 0.806. The number of hydrogen-bond donors (Lipinski definition) is 2. The van der Waals surface area contributed by atoms with Crippen LogP contribution in [0.15, 0.2) is 30.3 Å². The molecule has 0 aliphatic rings. The summed E-state index contributed by atoms with van der Waals surface area (Å²) in [5.74, 6) is -0.448. The Labute approximate surface area is 106 Å². The van der Waals surface area contributed by atoms with Gasteiger partial charge in [0.25, 0.3) is 0 Å². The fraction of sp³-hybridized carbons (Fsp3) is 0.429. The highest BCUT2D eigenvalue weighted by Gasteiger charge is 2.21. The summed E-state index contributed by atoms with van der Waals surface area (Å²) in [5, 5.41) is 19.4. The molecule has 3 unspecified atom stereocenters. The molecule has 0 aliphatic heterocycles. The molecule has 0 fully saturated rings. The van der Waals surface area contributed by atoms with E-state index in [1.807, 2.05) is 18.2 Å². The van der Waals surface area contributed by atoms with Gasteiger partial charge in [-0.05, 0) is 18.4 Å². The third-order valence-electron chi connectivity index (χ3n) is 2.87. The maximum Gasteiger partial charge on any atom is 0.198 e. The maximum atomic E-state index is 11.0. The van der Waals surface area contributed by atoms with Crippen molar-refractivity contribution in [3.8, 4) is 0 Å². The van der Waals surface area contributed by atoms with E-state index in [-0.39, 0.29) is 19.3 Å². The van der Waals surface area contributed by atoms with Crippen molar-refractivity contribution < 1.29 is 19.8 Å². The maximum absolute atomic E-state index is 11.0. The molecule has 0 saturated heterocycles. The van der Waals surface area contributed by atoms with Gasteiger partial charge in [-0.1, -0.05) is 30.3 Å². The van der Waals surface area contributed by atoms with E-state index >= 15 is 0 Å². The Morgan fingerprint density at radius 2 is 1.83 bits per heavy atom. The van der Waals surface area contributed by atoms with E-state index in [1.54, 1.807) is 18.4 Å². The normalized spacial score (nSPS) is 15.7. The van der Waals surface area contributed by atoms with Gasteiger partial charge in [0.2, 0.25) is 0 Å². The van der Waals surface area contributed by atoms with Crippen LogP contribution in [0.25, 0.3) is 0 Å². The average molecular weight is 249 g/mol. The molecule has 18 heavy (non-hydrogen) atoms. The molecule has 0 aliphatic carbocycles. The Morgan fingerprint density at radius 1 is 1.17 bits per heavy atom. The number of carbonyl (C=O) groups excluding carboxylic acids is 2. The lowest BCUT2D eigenvalue weighted by Gasteiger charge is -2.20. The van der Waals surface area contributed by atoms with Crippen LogP contribution in [0.5, 0.6) is 0 Å². The number of aliphatic hydroxyl groups is 2. The van der Waals surface area contributed by atoms with Crippen molar-refractivity contribution in [2.24, 2.45) is 0 Å². The first-order valence-electron chi connectivity index (χ1n) is 5.90. The minimum Gasteiger partial charge on any atom is -0.390 e. The molecule has 0 spiro atoms. The first kappa shape index (κ1) is 14.5. The van der Waals surface area contributed by atoms with Gasteiger partial charge in [0.1, 0.15) is 6.29 Å². The monoisotopic (exact) mass is 249 g/mol. The summed E-state index contributed by atoms with van der Waals surface area (Å²) < 4.78 is 0. The predicted molar refractivity (Wildman–Crippen MR) is 66.8 cm³/mol. The lowest BCUT2D eigenvalue weighted by molar-refractivity contribution is -0.110. The molecular formula is C14H17O4. The molecule has 0 amide bonds. The van der Waals surface area contributed by atoms with Crippen molar-refractivity contribution in [2.75, 3.05) is 0 Å². The van der Waals surface area contributed by atoms with Gasteiger partial charge in [0.05, 0.1) is 12.2 Å². The van der Waals surface area contributed by atoms with Crippen LogP contribution in [0, 0.1) is 0 Å². The summed E-state index contributed by atoms with van der Waals surface area (Å²) in [6, 6.07) is 9.08. The SMILES string of the molecule is O=[C]CCC(O)C(O)CC(C=O)c1ccccc1. The van der Waals surface area contributed by atoms with Gasteiger partial charge < -0.3 is 15.0 Å². The second-order valence-corrected chi connectivity index (χ2v) is 4.21. The lowest BCUT2D eigenvalue weighted by Crippen LogP contribution is -2.28. The molecule has 0 saturated carbocycles. The van der Waals surface area contributed by atoms with Gasteiger partial charge in [0, 0.05) is 12.3 Å². The first-order valence-corrected chi connectivity index (χ1v) is 5.90. The first-order chi connectivity index (χ1) is 8.69.